The van der Waals surface area contributed by atoms with E-state index in [1.54, 1.807) is 18.7 Å². The van der Waals surface area contributed by atoms with E-state index in [2.05, 4.69) is 15.3 Å². The van der Waals surface area contributed by atoms with Crippen LogP contribution in [0.2, 0.25) is 0 Å². The smallest absolute Gasteiger partial charge is 0.325 e. The summed E-state index contributed by atoms with van der Waals surface area (Å²) in [5.41, 5.74) is -0.730. The lowest BCUT2D eigenvalue weighted by Gasteiger charge is -2.19. The van der Waals surface area contributed by atoms with Crippen molar-refractivity contribution in [1.29, 1.82) is 0 Å². The van der Waals surface area contributed by atoms with E-state index in [0.29, 0.717) is 10.8 Å². The number of aromatic amines is 2. The first-order valence-electron chi connectivity index (χ1n) is 7.93. The number of hydrogen-bond donors (Lipinski definition) is 4. The van der Waals surface area contributed by atoms with Crippen LogP contribution in [-0.4, -0.2) is 53.4 Å². The van der Waals surface area contributed by atoms with Crippen LogP contribution in [0.15, 0.2) is 15.7 Å². The van der Waals surface area contributed by atoms with E-state index in [0.717, 1.165) is 6.08 Å². The van der Waals surface area contributed by atoms with Gasteiger partial charge in [-0.15, -0.1) is 11.8 Å². The molecule has 2 atom stereocenters. The number of aliphatic hydroxyl groups is 1. The molecule has 0 spiro atoms. The zero-order valence-corrected chi connectivity index (χ0v) is 16.9. The van der Waals surface area contributed by atoms with Crippen molar-refractivity contribution in [1.82, 2.24) is 15.3 Å². The minimum absolute atomic E-state index is 0.0159. The van der Waals surface area contributed by atoms with Crippen molar-refractivity contribution in [3.05, 3.63) is 38.2 Å². The Bertz CT molecular complexity index is 792. The SMILES string of the molecule is Cc1[nH]c(=O)[nH]c(=O)c1/C=C/C(=O)N[C@@H](CO)CS(=O)CSC(C)(C)C. The van der Waals surface area contributed by atoms with E-state index >= 15 is 0 Å². The normalized spacial score (nSPS) is 14.3. The summed E-state index contributed by atoms with van der Waals surface area (Å²) in [5, 5.41) is 12.3. The molecule has 0 saturated carbocycles. The van der Waals surface area contributed by atoms with Crippen LogP contribution in [-0.2, 0) is 15.6 Å². The average molecular weight is 404 g/mol. The molecule has 1 aromatic rings. The lowest BCUT2D eigenvalue weighted by atomic mass is 10.2. The molecule has 1 amide bonds. The van der Waals surface area contributed by atoms with Crippen molar-refractivity contribution in [3.63, 3.8) is 0 Å². The van der Waals surface area contributed by atoms with E-state index in [1.807, 2.05) is 20.8 Å². The predicted molar refractivity (Wildman–Crippen MR) is 106 cm³/mol. The Labute approximate surface area is 158 Å². The fourth-order valence-electron chi connectivity index (χ4n) is 1.87. The van der Waals surface area contributed by atoms with E-state index < -0.39 is 34.0 Å². The number of aromatic nitrogens is 2. The van der Waals surface area contributed by atoms with Gasteiger partial charge in [0.05, 0.1) is 23.3 Å². The number of aryl methyl sites for hydroxylation is 1. The van der Waals surface area contributed by atoms with Crippen LogP contribution in [0.5, 0.6) is 0 Å². The van der Waals surface area contributed by atoms with Gasteiger partial charge in [-0.3, -0.25) is 18.8 Å². The van der Waals surface area contributed by atoms with Gasteiger partial charge in [0.15, 0.2) is 0 Å². The molecule has 0 saturated heterocycles. The van der Waals surface area contributed by atoms with Gasteiger partial charge in [0.1, 0.15) is 0 Å². The molecule has 8 nitrogen and oxygen atoms in total. The molecule has 4 N–H and O–H groups in total. The molecule has 0 aromatic carbocycles. The van der Waals surface area contributed by atoms with Gasteiger partial charge in [0.2, 0.25) is 5.91 Å². The highest BCUT2D eigenvalue weighted by Gasteiger charge is 2.17. The maximum atomic E-state index is 12.1. The van der Waals surface area contributed by atoms with Gasteiger partial charge in [-0.1, -0.05) is 20.8 Å². The third-order valence-corrected chi connectivity index (χ3v) is 6.32. The molecule has 1 heterocycles. The number of rotatable bonds is 8. The lowest BCUT2D eigenvalue weighted by molar-refractivity contribution is -0.117. The molecule has 1 aromatic heterocycles. The van der Waals surface area contributed by atoms with Crippen LogP contribution in [0.4, 0.5) is 0 Å². The van der Waals surface area contributed by atoms with Crippen LogP contribution >= 0.6 is 11.8 Å². The minimum Gasteiger partial charge on any atom is -0.394 e. The van der Waals surface area contributed by atoms with Gasteiger partial charge >= 0.3 is 5.69 Å². The van der Waals surface area contributed by atoms with Crippen molar-refractivity contribution >= 4 is 34.5 Å². The first-order valence-corrected chi connectivity index (χ1v) is 10.4. The van der Waals surface area contributed by atoms with Gasteiger partial charge in [0, 0.05) is 33.1 Å². The Balaban J connectivity index is 2.66. The molecule has 0 radical (unpaired) electrons. The first kappa shape index (κ1) is 22.4. The molecule has 0 fully saturated rings. The van der Waals surface area contributed by atoms with Crippen molar-refractivity contribution in [2.45, 2.75) is 38.5 Å². The van der Waals surface area contributed by atoms with E-state index in [1.165, 1.54) is 6.08 Å². The van der Waals surface area contributed by atoms with Gasteiger partial charge in [-0.2, -0.15) is 0 Å². The zero-order chi connectivity index (χ0) is 19.9. The van der Waals surface area contributed by atoms with Gasteiger partial charge in [0.25, 0.3) is 5.56 Å². The first-order chi connectivity index (χ1) is 12.0. The second-order valence-electron chi connectivity index (χ2n) is 6.65. The molecule has 26 heavy (non-hydrogen) atoms. The summed E-state index contributed by atoms with van der Waals surface area (Å²) < 4.78 is 12.1. The maximum Gasteiger partial charge on any atom is 0.325 e. The topological polar surface area (TPSA) is 132 Å². The van der Waals surface area contributed by atoms with E-state index in [-0.39, 0.29) is 22.7 Å². The minimum atomic E-state index is -1.19. The number of aliphatic hydroxyl groups excluding tert-OH is 1. The monoisotopic (exact) mass is 403 g/mol. The summed E-state index contributed by atoms with van der Waals surface area (Å²) in [6.45, 7) is 7.26. The molecule has 1 rings (SSSR count). The van der Waals surface area contributed by atoms with Crippen molar-refractivity contribution < 1.29 is 14.1 Å². The van der Waals surface area contributed by atoms with Crippen LogP contribution in [0.1, 0.15) is 32.0 Å². The molecule has 0 aliphatic carbocycles. The van der Waals surface area contributed by atoms with Crippen LogP contribution < -0.4 is 16.6 Å². The van der Waals surface area contributed by atoms with Gasteiger partial charge in [-0.05, 0) is 13.0 Å². The predicted octanol–water partition coefficient (Wildman–Crippen LogP) is 0.0998. The second kappa shape index (κ2) is 9.89. The largest absolute Gasteiger partial charge is 0.394 e. The fraction of sp³-hybridized carbons (Fsp3) is 0.562. The fourth-order valence-corrected chi connectivity index (χ4v) is 4.84. The van der Waals surface area contributed by atoms with Crippen LogP contribution in [0.25, 0.3) is 6.08 Å². The summed E-state index contributed by atoms with van der Waals surface area (Å²) in [4.78, 5) is 39.3. The number of amides is 1. The summed E-state index contributed by atoms with van der Waals surface area (Å²) in [7, 11) is -1.19. The van der Waals surface area contributed by atoms with Gasteiger partial charge < -0.3 is 15.4 Å². The number of carbonyl (C=O) groups excluding carboxylic acids is 1. The molecule has 0 aliphatic heterocycles. The highest BCUT2D eigenvalue weighted by molar-refractivity contribution is 8.11. The molecule has 0 aliphatic rings. The summed E-state index contributed by atoms with van der Waals surface area (Å²) in [6.07, 6.45) is 2.41. The van der Waals surface area contributed by atoms with Crippen LogP contribution in [0.3, 0.4) is 0 Å². The molecule has 10 heteroatoms. The van der Waals surface area contributed by atoms with Crippen molar-refractivity contribution in [2.75, 3.05) is 17.4 Å². The van der Waals surface area contributed by atoms with E-state index in [4.69, 9.17) is 0 Å². The second-order valence-corrected chi connectivity index (χ2v) is 10.3. The molecule has 0 bridgehead atoms. The summed E-state index contributed by atoms with van der Waals surface area (Å²) in [6, 6.07) is -0.650. The maximum absolute atomic E-state index is 12.1. The molecular weight excluding hydrogens is 378 g/mol. The van der Waals surface area contributed by atoms with E-state index in [9.17, 15) is 23.7 Å². The molecule has 146 valence electrons. The Kier molecular flexibility index (Phi) is 8.51. The number of H-pyrrole nitrogens is 2. The quantitative estimate of drug-likeness (QED) is 0.455. The lowest BCUT2D eigenvalue weighted by Crippen LogP contribution is -2.40. The number of carbonyl (C=O) groups is 1. The standard InChI is InChI=1S/C16H25N3O5S2/c1-10-12(14(22)19-15(23)17-10)5-6-13(21)18-11(7-20)8-26(24)9-25-16(2,3)4/h5-6,11,20H,7-9H2,1-4H3,(H,18,21)(H2,17,19,22,23)/b6-5+/t11-,26?/m0/s1. The number of thioether (sulfide) groups is 1. The molecule has 1 unspecified atom stereocenters. The Morgan fingerprint density at radius 3 is 2.54 bits per heavy atom. The third-order valence-electron chi connectivity index (χ3n) is 3.16. The highest BCUT2D eigenvalue weighted by atomic mass is 32.2. The van der Waals surface area contributed by atoms with Crippen molar-refractivity contribution in [2.24, 2.45) is 0 Å². The number of hydrogen-bond acceptors (Lipinski definition) is 6. The molecular formula is C16H25N3O5S2. The van der Waals surface area contributed by atoms with Crippen LogP contribution in [0, 0.1) is 6.92 Å². The summed E-state index contributed by atoms with van der Waals surface area (Å²) >= 11 is 1.55. The van der Waals surface area contributed by atoms with Crippen molar-refractivity contribution in [3.8, 4) is 0 Å². The summed E-state index contributed by atoms with van der Waals surface area (Å²) in [5.74, 6) is -0.397. The Morgan fingerprint density at radius 2 is 2.00 bits per heavy atom. The van der Waals surface area contributed by atoms with Gasteiger partial charge in [-0.25, -0.2) is 4.79 Å². The number of nitrogens with one attached hydrogen (secondary N) is 3. The third kappa shape index (κ3) is 8.15. The average Bonchev–Trinajstić information content (AvgIpc) is 2.50. The zero-order valence-electron chi connectivity index (χ0n) is 15.3. The Hall–Kier alpha value is -1.65. The highest BCUT2D eigenvalue weighted by Crippen LogP contribution is 2.23. The Morgan fingerprint density at radius 1 is 1.35 bits per heavy atom.